The monoisotopic (exact) mass is 387 g/mol. The number of phenolic OH excluding ortho intramolecular Hbond substituents is 1. The second kappa shape index (κ2) is 5.74. The van der Waals surface area contributed by atoms with E-state index >= 15 is 0 Å². The van der Waals surface area contributed by atoms with Gasteiger partial charge in [0.15, 0.2) is 17.6 Å². The van der Waals surface area contributed by atoms with E-state index in [1.165, 1.54) is 5.56 Å². The Morgan fingerprint density at radius 3 is 3.10 bits per heavy atom. The Balaban J connectivity index is 1.50. The van der Waals surface area contributed by atoms with Gasteiger partial charge < -0.3 is 19.5 Å². The van der Waals surface area contributed by atoms with E-state index in [1.54, 1.807) is 24.4 Å². The first-order valence-corrected chi connectivity index (χ1v) is 10.1. The number of benzene rings is 1. The lowest BCUT2D eigenvalue weighted by molar-refractivity contribution is -0.0392. The number of aromatic hydroxyl groups is 1. The fourth-order valence-electron chi connectivity index (χ4n) is 6.02. The van der Waals surface area contributed by atoms with Gasteiger partial charge in [0.2, 0.25) is 5.88 Å². The van der Waals surface area contributed by atoms with Gasteiger partial charge in [-0.2, -0.15) is 5.26 Å². The standard InChI is InChI=1S/C23H21N3O3/c1-26-10-8-23-15-5-7-18(28-22-14(12-24)3-2-9-25-22)21(23)29-20-17(27)6-4-13(19(20)23)11-16(15)26/h2-7,9,15-16,18,21,27H,8,10-11H2,1H3/t15-,16+,18-,21-,23-/m0/s1. The molecule has 4 aliphatic rings. The van der Waals surface area contributed by atoms with Gasteiger partial charge >= 0.3 is 0 Å². The van der Waals surface area contributed by atoms with Crippen LogP contribution in [0.25, 0.3) is 0 Å². The molecule has 146 valence electrons. The van der Waals surface area contributed by atoms with Crippen molar-refractivity contribution < 1.29 is 14.6 Å². The molecule has 1 N–H and O–H groups in total. The molecule has 0 amide bonds. The van der Waals surface area contributed by atoms with E-state index in [1.807, 2.05) is 6.07 Å². The summed E-state index contributed by atoms with van der Waals surface area (Å²) in [4.78, 5) is 6.72. The fourth-order valence-corrected chi connectivity index (χ4v) is 6.02. The van der Waals surface area contributed by atoms with Crippen molar-refractivity contribution in [3.63, 3.8) is 0 Å². The number of hydrogen-bond acceptors (Lipinski definition) is 6. The lowest BCUT2D eigenvalue weighted by Crippen LogP contribution is -2.65. The first-order chi connectivity index (χ1) is 14.1. The number of aromatic nitrogens is 1. The van der Waals surface area contributed by atoms with Crippen LogP contribution in [0.4, 0.5) is 0 Å². The van der Waals surface area contributed by atoms with E-state index in [0.29, 0.717) is 29.2 Å². The van der Waals surface area contributed by atoms with Crippen molar-refractivity contribution in [2.45, 2.75) is 36.5 Å². The highest BCUT2D eigenvalue weighted by Gasteiger charge is 2.65. The van der Waals surface area contributed by atoms with Crippen LogP contribution in [0.1, 0.15) is 23.1 Å². The van der Waals surface area contributed by atoms with E-state index in [4.69, 9.17) is 9.47 Å². The van der Waals surface area contributed by atoms with E-state index in [-0.39, 0.29) is 23.4 Å². The summed E-state index contributed by atoms with van der Waals surface area (Å²) in [6, 6.07) is 9.77. The van der Waals surface area contributed by atoms with Gasteiger partial charge in [0.25, 0.3) is 0 Å². The minimum absolute atomic E-state index is 0.193. The number of piperidine rings is 1. The molecule has 1 saturated heterocycles. The first-order valence-electron chi connectivity index (χ1n) is 10.1. The number of nitriles is 1. The number of nitrogens with zero attached hydrogens (tertiary/aromatic N) is 3. The number of hydrogen-bond donors (Lipinski definition) is 1. The Bertz CT molecular complexity index is 1090. The Morgan fingerprint density at radius 1 is 1.34 bits per heavy atom. The molecule has 2 bridgehead atoms. The molecular formula is C23H21N3O3. The summed E-state index contributed by atoms with van der Waals surface area (Å²) in [5.74, 6) is 1.43. The third kappa shape index (κ3) is 2.06. The molecule has 0 radical (unpaired) electrons. The number of likely N-dealkylation sites (N-methyl/N-ethyl adjacent to an activating group) is 1. The van der Waals surface area contributed by atoms with Gasteiger partial charge in [0, 0.05) is 29.1 Å². The summed E-state index contributed by atoms with van der Waals surface area (Å²) in [5.41, 5.74) is 2.61. The molecule has 2 aromatic rings. The molecule has 5 atom stereocenters. The second-order valence-electron chi connectivity index (χ2n) is 8.49. The molecule has 1 fully saturated rings. The highest BCUT2D eigenvalue weighted by molar-refractivity contribution is 5.61. The Morgan fingerprint density at radius 2 is 2.24 bits per heavy atom. The zero-order chi connectivity index (χ0) is 19.8. The molecule has 1 aromatic carbocycles. The van der Waals surface area contributed by atoms with Crippen molar-refractivity contribution in [2.75, 3.05) is 13.6 Å². The summed E-state index contributed by atoms with van der Waals surface area (Å²) < 4.78 is 12.7. The average molecular weight is 387 g/mol. The lowest BCUT2D eigenvalue weighted by atomic mass is 9.53. The maximum absolute atomic E-state index is 10.6. The fraction of sp³-hybridized carbons (Fsp3) is 0.391. The molecule has 1 aromatic heterocycles. The molecule has 6 heteroatoms. The largest absolute Gasteiger partial charge is 0.504 e. The van der Waals surface area contributed by atoms with Crippen LogP contribution in [0.3, 0.4) is 0 Å². The Kier molecular flexibility index (Phi) is 3.34. The van der Waals surface area contributed by atoms with Crippen molar-refractivity contribution >= 4 is 0 Å². The van der Waals surface area contributed by atoms with E-state index in [9.17, 15) is 10.4 Å². The van der Waals surface area contributed by atoms with Crippen LogP contribution in [0.5, 0.6) is 17.4 Å². The summed E-state index contributed by atoms with van der Waals surface area (Å²) in [7, 11) is 2.19. The van der Waals surface area contributed by atoms with Crippen molar-refractivity contribution in [1.29, 1.82) is 5.26 Å². The smallest absolute Gasteiger partial charge is 0.232 e. The predicted octanol–water partition coefficient (Wildman–Crippen LogP) is 2.55. The molecule has 2 aliphatic carbocycles. The maximum Gasteiger partial charge on any atom is 0.232 e. The Hall–Kier alpha value is -3.04. The SMILES string of the molecule is CN1CC[C@]23c4c5ccc(O)c4O[C@H]2[C@@H](Oc2ncccc2C#N)C=C[C@H]3[C@H]1C5. The minimum atomic E-state index is -0.380. The molecule has 29 heavy (non-hydrogen) atoms. The van der Waals surface area contributed by atoms with Crippen LogP contribution >= 0.6 is 0 Å². The van der Waals surface area contributed by atoms with Crippen LogP contribution in [-0.4, -0.2) is 46.8 Å². The third-order valence-electron chi connectivity index (χ3n) is 7.27. The van der Waals surface area contributed by atoms with Crippen molar-refractivity contribution in [1.82, 2.24) is 9.88 Å². The van der Waals surface area contributed by atoms with Crippen LogP contribution < -0.4 is 9.47 Å². The van der Waals surface area contributed by atoms with Crippen LogP contribution in [-0.2, 0) is 11.8 Å². The van der Waals surface area contributed by atoms with Crippen LogP contribution in [0.15, 0.2) is 42.6 Å². The number of pyridine rings is 1. The number of phenols is 1. The van der Waals surface area contributed by atoms with Gasteiger partial charge in [-0.05, 0) is 56.3 Å². The van der Waals surface area contributed by atoms with Gasteiger partial charge in [-0.25, -0.2) is 4.98 Å². The first kappa shape index (κ1) is 16.9. The summed E-state index contributed by atoms with van der Waals surface area (Å²) in [5, 5.41) is 20.0. The normalized spacial score (nSPS) is 33.5. The Labute approximate surface area is 169 Å². The number of ether oxygens (including phenoxy) is 2. The molecule has 0 unspecified atom stereocenters. The number of rotatable bonds is 2. The van der Waals surface area contributed by atoms with Gasteiger partial charge in [0.05, 0.1) is 0 Å². The zero-order valence-corrected chi connectivity index (χ0v) is 16.1. The molecule has 1 spiro atoms. The topological polar surface area (TPSA) is 78.6 Å². The van der Waals surface area contributed by atoms with Crippen LogP contribution in [0.2, 0.25) is 0 Å². The van der Waals surface area contributed by atoms with Gasteiger partial charge in [-0.15, -0.1) is 0 Å². The third-order valence-corrected chi connectivity index (χ3v) is 7.27. The molecule has 3 heterocycles. The highest BCUT2D eigenvalue weighted by atomic mass is 16.6. The summed E-state index contributed by atoms with van der Waals surface area (Å²) in [6.07, 6.45) is 7.21. The quantitative estimate of drug-likeness (QED) is 0.798. The van der Waals surface area contributed by atoms with Crippen LogP contribution in [0, 0.1) is 17.2 Å². The molecule has 2 aliphatic heterocycles. The highest BCUT2D eigenvalue weighted by Crippen LogP contribution is 2.62. The maximum atomic E-state index is 10.6. The predicted molar refractivity (Wildman–Crippen MR) is 105 cm³/mol. The van der Waals surface area contributed by atoms with Gasteiger partial charge in [0.1, 0.15) is 17.7 Å². The minimum Gasteiger partial charge on any atom is -0.504 e. The van der Waals surface area contributed by atoms with Crippen molar-refractivity contribution in [3.8, 4) is 23.4 Å². The number of likely N-dealkylation sites (tertiary alicyclic amines) is 1. The van der Waals surface area contributed by atoms with E-state index in [0.717, 1.165) is 24.9 Å². The summed E-state index contributed by atoms with van der Waals surface area (Å²) in [6.45, 7) is 0.975. The molecular weight excluding hydrogens is 366 g/mol. The summed E-state index contributed by atoms with van der Waals surface area (Å²) >= 11 is 0. The van der Waals surface area contributed by atoms with Crippen molar-refractivity contribution in [3.05, 3.63) is 59.3 Å². The average Bonchev–Trinajstić information content (AvgIpc) is 3.09. The second-order valence-corrected chi connectivity index (χ2v) is 8.49. The van der Waals surface area contributed by atoms with Gasteiger partial charge in [-0.3, -0.25) is 0 Å². The molecule has 0 saturated carbocycles. The van der Waals surface area contributed by atoms with Crippen molar-refractivity contribution in [2.24, 2.45) is 5.92 Å². The lowest BCUT2D eigenvalue weighted by Gasteiger charge is -2.56. The zero-order valence-electron chi connectivity index (χ0n) is 16.1. The van der Waals surface area contributed by atoms with Gasteiger partial charge in [-0.1, -0.05) is 12.1 Å². The van der Waals surface area contributed by atoms with E-state index < -0.39 is 0 Å². The molecule has 6 nitrogen and oxygen atoms in total. The van der Waals surface area contributed by atoms with E-state index in [2.05, 4.69) is 35.2 Å². The molecule has 6 rings (SSSR count).